The predicted octanol–water partition coefficient (Wildman–Crippen LogP) is 4.70. The molecule has 2 heterocycles. The second kappa shape index (κ2) is 6.71. The average molecular weight is 364 g/mol. The Morgan fingerprint density at radius 3 is 2.54 bits per heavy atom. The summed E-state index contributed by atoms with van der Waals surface area (Å²) in [7, 11) is 0. The van der Waals surface area contributed by atoms with Gasteiger partial charge in [0.15, 0.2) is 5.76 Å². The van der Waals surface area contributed by atoms with Crippen molar-refractivity contribution >= 4 is 34.8 Å². The number of hydrogen-bond acceptors (Lipinski definition) is 3. The van der Waals surface area contributed by atoms with Crippen LogP contribution in [0.15, 0.2) is 41.0 Å². The van der Waals surface area contributed by atoms with Gasteiger partial charge in [0.1, 0.15) is 0 Å². The van der Waals surface area contributed by atoms with Crippen molar-refractivity contribution in [3.8, 4) is 0 Å². The number of anilines is 1. The molecule has 2 aromatic heterocycles. The van der Waals surface area contributed by atoms with E-state index in [0.717, 1.165) is 11.3 Å². The summed E-state index contributed by atoms with van der Waals surface area (Å²) in [6, 6.07) is 8.64. The largest absolute Gasteiger partial charge is 0.459 e. The number of benzene rings is 1. The van der Waals surface area contributed by atoms with Gasteiger partial charge < -0.3 is 9.73 Å². The van der Waals surface area contributed by atoms with Crippen LogP contribution >= 0.6 is 23.2 Å². The van der Waals surface area contributed by atoms with Crippen molar-refractivity contribution < 1.29 is 9.21 Å². The molecule has 3 rings (SSSR count). The molecule has 0 spiro atoms. The Morgan fingerprint density at radius 1 is 1.21 bits per heavy atom. The molecule has 1 N–H and O–H groups in total. The predicted molar refractivity (Wildman–Crippen MR) is 93.9 cm³/mol. The standard InChI is InChI=1S/C17H15Cl2N3O2/c1-10-16(20-17(23)15-7-4-8-24-15)11(2)22(21-10)9-12-13(18)5-3-6-14(12)19/h3-8H,9H2,1-2H3,(H,20,23). The van der Waals surface area contributed by atoms with Crippen LogP contribution in [0.3, 0.4) is 0 Å². The first kappa shape index (κ1) is 16.6. The molecule has 0 saturated carbocycles. The lowest BCUT2D eigenvalue weighted by molar-refractivity contribution is 0.0996. The van der Waals surface area contributed by atoms with Crippen LogP contribution in [0, 0.1) is 13.8 Å². The molecule has 0 aliphatic heterocycles. The monoisotopic (exact) mass is 363 g/mol. The average Bonchev–Trinajstić information content (AvgIpc) is 3.16. The number of nitrogens with zero attached hydrogens (tertiary/aromatic N) is 2. The van der Waals surface area contributed by atoms with E-state index in [0.29, 0.717) is 28.0 Å². The SMILES string of the molecule is Cc1nn(Cc2c(Cl)cccc2Cl)c(C)c1NC(=O)c1ccco1. The van der Waals surface area contributed by atoms with E-state index < -0.39 is 0 Å². The van der Waals surface area contributed by atoms with E-state index >= 15 is 0 Å². The molecule has 1 aromatic carbocycles. The number of aryl methyl sites for hydroxylation is 1. The first-order valence-corrected chi connectivity index (χ1v) is 8.04. The fourth-order valence-corrected chi connectivity index (χ4v) is 2.96. The number of hydrogen-bond donors (Lipinski definition) is 1. The highest BCUT2D eigenvalue weighted by Gasteiger charge is 2.18. The minimum absolute atomic E-state index is 0.246. The molecule has 0 aliphatic rings. The molecule has 0 radical (unpaired) electrons. The molecule has 3 aromatic rings. The molecular weight excluding hydrogens is 349 g/mol. The molecule has 24 heavy (non-hydrogen) atoms. The molecule has 0 aliphatic carbocycles. The number of furan rings is 1. The van der Waals surface area contributed by atoms with Gasteiger partial charge in [0.25, 0.3) is 5.91 Å². The van der Waals surface area contributed by atoms with Crippen LogP contribution in [0.2, 0.25) is 10.0 Å². The summed E-state index contributed by atoms with van der Waals surface area (Å²) in [6.07, 6.45) is 1.46. The van der Waals surface area contributed by atoms with Gasteiger partial charge in [0, 0.05) is 15.6 Å². The molecule has 5 nitrogen and oxygen atoms in total. The first-order chi connectivity index (χ1) is 11.5. The zero-order chi connectivity index (χ0) is 17.3. The van der Waals surface area contributed by atoms with Gasteiger partial charge in [0.05, 0.1) is 29.9 Å². The maximum absolute atomic E-state index is 12.2. The van der Waals surface area contributed by atoms with Crippen molar-refractivity contribution in [1.29, 1.82) is 0 Å². The van der Waals surface area contributed by atoms with E-state index in [9.17, 15) is 4.79 Å². The maximum Gasteiger partial charge on any atom is 0.291 e. The summed E-state index contributed by atoms with van der Waals surface area (Å²) in [6.45, 7) is 4.12. The number of carbonyl (C=O) groups excluding carboxylic acids is 1. The lowest BCUT2D eigenvalue weighted by Crippen LogP contribution is -2.12. The van der Waals surface area contributed by atoms with Gasteiger partial charge in [-0.1, -0.05) is 29.3 Å². The summed E-state index contributed by atoms with van der Waals surface area (Å²) in [5.41, 5.74) is 2.95. The fraction of sp³-hybridized carbons (Fsp3) is 0.176. The number of rotatable bonds is 4. The van der Waals surface area contributed by atoms with Gasteiger partial charge in [-0.25, -0.2) is 0 Å². The Labute approximate surface area is 149 Å². The molecule has 0 fully saturated rings. The molecule has 1 amide bonds. The molecule has 0 unspecified atom stereocenters. The van der Waals surface area contributed by atoms with Crippen molar-refractivity contribution in [2.24, 2.45) is 0 Å². The third-order valence-corrected chi connectivity index (χ3v) is 4.44. The van der Waals surface area contributed by atoms with Crippen LogP contribution in [-0.4, -0.2) is 15.7 Å². The summed E-state index contributed by atoms with van der Waals surface area (Å²) >= 11 is 12.4. The smallest absolute Gasteiger partial charge is 0.291 e. The molecule has 0 atom stereocenters. The van der Waals surface area contributed by atoms with E-state index in [1.807, 2.05) is 13.8 Å². The van der Waals surface area contributed by atoms with Crippen molar-refractivity contribution in [3.05, 3.63) is 69.4 Å². The van der Waals surface area contributed by atoms with Crippen molar-refractivity contribution in [2.45, 2.75) is 20.4 Å². The molecule has 0 saturated heterocycles. The minimum Gasteiger partial charge on any atom is -0.459 e. The van der Waals surface area contributed by atoms with Gasteiger partial charge in [-0.3, -0.25) is 9.48 Å². The highest BCUT2D eigenvalue weighted by atomic mass is 35.5. The number of halogens is 2. The molecule has 124 valence electrons. The zero-order valence-electron chi connectivity index (χ0n) is 13.1. The third-order valence-electron chi connectivity index (χ3n) is 3.73. The Bertz CT molecular complexity index is 865. The van der Waals surface area contributed by atoms with Gasteiger partial charge in [-0.05, 0) is 38.1 Å². The molecule has 7 heteroatoms. The van der Waals surface area contributed by atoms with Crippen LogP contribution in [0.1, 0.15) is 27.5 Å². The summed E-state index contributed by atoms with van der Waals surface area (Å²) in [5, 5.41) is 8.47. The van der Waals surface area contributed by atoms with E-state index in [4.69, 9.17) is 27.6 Å². The highest BCUT2D eigenvalue weighted by Crippen LogP contribution is 2.27. The number of carbonyl (C=O) groups is 1. The fourth-order valence-electron chi connectivity index (χ4n) is 2.45. The zero-order valence-corrected chi connectivity index (χ0v) is 14.6. The number of nitrogens with one attached hydrogen (secondary N) is 1. The van der Waals surface area contributed by atoms with Crippen LogP contribution in [-0.2, 0) is 6.54 Å². The normalized spacial score (nSPS) is 10.8. The molecular formula is C17H15Cl2N3O2. The van der Waals surface area contributed by atoms with Gasteiger partial charge >= 0.3 is 0 Å². The Kier molecular flexibility index (Phi) is 4.64. The van der Waals surface area contributed by atoms with Gasteiger partial charge in [0.2, 0.25) is 0 Å². The van der Waals surface area contributed by atoms with E-state index in [1.165, 1.54) is 6.26 Å². The van der Waals surface area contributed by atoms with E-state index in [-0.39, 0.29) is 11.7 Å². The lowest BCUT2D eigenvalue weighted by Gasteiger charge is -2.09. The second-order valence-electron chi connectivity index (χ2n) is 5.34. The van der Waals surface area contributed by atoms with E-state index in [2.05, 4.69) is 10.4 Å². The van der Waals surface area contributed by atoms with Crippen LogP contribution in [0.4, 0.5) is 5.69 Å². The summed E-state index contributed by atoms with van der Waals surface area (Å²) < 4.78 is 6.87. The van der Waals surface area contributed by atoms with Crippen LogP contribution < -0.4 is 5.32 Å². The summed E-state index contributed by atoms with van der Waals surface area (Å²) in [4.78, 5) is 12.2. The first-order valence-electron chi connectivity index (χ1n) is 7.29. The second-order valence-corrected chi connectivity index (χ2v) is 6.15. The van der Waals surface area contributed by atoms with Crippen molar-refractivity contribution in [3.63, 3.8) is 0 Å². The molecule has 0 bridgehead atoms. The highest BCUT2D eigenvalue weighted by molar-refractivity contribution is 6.35. The quantitative estimate of drug-likeness (QED) is 0.730. The van der Waals surface area contributed by atoms with E-state index in [1.54, 1.807) is 35.0 Å². The van der Waals surface area contributed by atoms with Crippen molar-refractivity contribution in [2.75, 3.05) is 5.32 Å². The van der Waals surface area contributed by atoms with Crippen LogP contribution in [0.25, 0.3) is 0 Å². The summed E-state index contributed by atoms with van der Waals surface area (Å²) in [5.74, 6) is -0.0720. The Hall–Kier alpha value is -2.24. The van der Waals surface area contributed by atoms with Crippen molar-refractivity contribution in [1.82, 2.24) is 9.78 Å². The minimum atomic E-state index is -0.318. The maximum atomic E-state index is 12.2. The third kappa shape index (κ3) is 3.18. The van der Waals surface area contributed by atoms with Crippen LogP contribution in [0.5, 0.6) is 0 Å². The topological polar surface area (TPSA) is 60.1 Å². The number of aromatic nitrogens is 2. The van der Waals surface area contributed by atoms with Gasteiger partial charge in [-0.2, -0.15) is 5.10 Å². The Morgan fingerprint density at radius 2 is 1.92 bits per heavy atom. The lowest BCUT2D eigenvalue weighted by atomic mass is 10.2. The Balaban J connectivity index is 1.88. The number of amides is 1. The van der Waals surface area contributed by atoms with Gasteiger partial charge in [-0.15, -0.1) is 0 Å².